The molecule has 0 saturated carbocycles. The molecule has 2 amide bonds. The number of hydrogen-bond donors (Lipinski definition) is 1. The monoisotopic (exact) mass is 655 g/mol. The first-order valence-electron chi connectivity index (χ1n) is 14.4. The number of amides is 2. The van der Waals surface area contributed by atoms with Crippen LogP contribution in [-0.2, 0) is 32.6 Å². The summed E-state index contributed by atoms with van der Waals surface area (Å²) in [6.07, 6.45) is 3.77. The van der Waals surface area contributed by atoms with Crippen LogP contribution in [0.15, 0.2) is 77.3 Å². The molecule has 0 aliphatic rings. The van der Waals surface area contributed by atoms with E-state index in [9.17, 15) is 18.0 Å². The number of anilines is 1. The van der Waals surface area contributed by atoms with E-state index in [2.05, 4.69) is 28.2 Å². The molecule has 1 atom stereocenters. The van der Waals surface area contributed by atoms with Gasteiger partial charge >= 0.3 is 0 Å². The average Bonchev–Trinajstić information content (AvgIpc) is 2.95. The van der Waals surface area contributed by atoms with E-state index in [0.717, 1.165) is 39.6 Å². The minimum atomic E-state index is -3.57. The van der Waals surface area contributed by atoms with Crippen LogP contribution >= 0.6 is 15.9 Å². The minimum absolute atomic E-state index is 0.0982. The van der Waals surface area contributed by atoms with Gasteiger partial charge in [-0.2, -0.15) is 0 Å². The first-order chi connectivity index (χ1) is 20.0. The highest BCUT2D eigenvalue weighted by Gasteiger charge is 2.30. The maximum absolute atomic E-state index is 13.9. The predicted molar refractivity (Wildman–Crippen MR) is 174 cm³/mol. The molecule has 0 aromatic heterocycles. The molecule has 3 aromatic rings. The molecule has 0 spiro atoms. The molecule has 3 aromatic carbocycles. The van der Waals surface area contributed by atoms with Crippen molar-refractivity contribution < 1.29 is 18.0 Å². The second kappa shape index (κ2) is 15.9. The predicted octanol–water partition coefficient (Wildman–Crippen LogP) is 6.17. The summed E-state index contributed by atoms with van der Waals surface area (Å²) >= 11 is 3.47. The number of nitrogens with zero attached hydrogens (tertiary/aromatic N) is 2. The molecule has 3 rings (SSSR count). The second-order valence-electron chi connectivity index (χ2n) is 10.7. The van der Waals surface area contributed by atoms with Gasteiger partial charge in [0.05, 0.1) is 11.9 Å². The van der Waals surface area contributed by atoms with E-state index in [1.54, 1.807) is 4.90 Å². The van der Waals surface area contributed by atoms with Gasteiger partial charge in [-0.3, -0.25) is 13.9 Å². The quantitative estimate of drug-likeness (QED) is 0.199. The van der Waals surface area contributed by atoms with Crippen LogP contribution in [0.3, 0.4) is 0 Å². The van der Waals surface area contributed by atoms with Crippen LogP contribution in [0.1, 0.15) is 54.9 Å². The Hall–Kier alpha value is -3.17. The number of unbranched alkanes of at least 4 members (excludes halogenated alkanes) is 1. The average molecular weight is 657 g/mol. The van der Waals surface area contributed by atoms with Crippen molar-refractivity contribution >= 4 is 43.5 Å². The van der Waals surface area contributed by atoms with Crippen molar-refractivity contribution in [1.82, 2.24) is 10.2 Å². The molecule has 0 radical (unpaired) electrons. The SMILES string of the molecule is CCCCNC(=O)[C@@H](Cc1ccccc1)N(Cc1ccc(Br)cc1)C(=O)CCCN(c1cc(C)ccc1C)S(C)(=O)=O. The molecule has 0 unspecified atom stereocenters. The fraction of sp³-hybridized carbons (Fsp3) is 0.394. The van der Waals surface area contributed by atoms with Crippen molar-refractivity contribution in [2.75, 3.05) is 23.7 Å². The van der Waals surface area contributed by atoms with E-state index in [4.69, 9.17) is 0 Å². The number of halogens is 1. The Balaban J connectivity index is 1.88. The Kier molecular flexibility index (Phi) is 12.6. The molecule has 226 valence electrons. The van der Waals surface area contributed by atoms with Crippen molar-refractivity contribution in [1.29, 1.82) is 0 Å². The van der Waals surface area contributed by atoms with E-state index in [-0.39, 0.29) is 31.3 Å². The molecule has 42 heavy (non-hydrogen) atoms. The maximum atomic E-state index is 13.9. The zero-order valence-electron chi connectivity index (χ0n) is 25.0. The summed E-state index contributed by atoms with van der Waals surface area (Å²) in [4.78, 5) is 29.2. The zero-order valence-corrected chi connectivity index (χ0v) is 27.4. The number of aryl methyl sites for hydroxylation is 2. The normalized spacial score (nSPS) is 12.0. The van der Waals surface area contributed by atoms with Gasteiger partial charge in [0.25, 0.3) is 0 Å². The highest BCUT2D eigenvalue weighted by atomic mass is 79.9. The minimum Gasteiger partial charge on any atom is -0.354 e. The van der Waals surface area contributed by atoms with Gasteiger partial charge in [0.15, 0.2) is 0 Å². The molecule has 0 saturated heterocycles. The Bertz CT molecular complexity index is 1430. The smallest absolute Gasteiger partial charge is 0.243 e. The van der Waals surface area contributed by atoms with Crippen LogP contribution in [0.2, 0.25) is 0 Å². The number of hydrogen-bond acceptors (Lipinski definition) is 4. The summed E-state index contributed by atoms with van der Waals surface area (Å²) < 4.78 is 27.8. The van der Waals surface area contributed by atoms with Crippen LogP contribution in [0.4, 0.5) is 5.69 Å². The maximum Gasteiger partial charge on any atom is 0.243 e. The van der Waals surface area contributed by atoms with E-state index >= 15 is 0 Å². The standard InChI is InChI=1S/C33H42BrN3O4S/c1-5-6-20-35-33(39)31(23-27-11-8-7-9-12-27)36(24-28-16-18-29(34)19-17-28)32(38)13-10-21-37(42(4,40)41)30-22-25(2)14-15-26(30)3/h7-9,11-12,14-19,22,31H,5-6,10,13,20-21,23-24H2,1-4H3,(H,35,39)/t31-/m1/s1. The molecule has 7 nitrogen and oxygen atoms in total. The van der Waals surface area contributed by atoms with Crippen LogP contribution in [0.5, 0.6) is 0 Å². The van der Waals surface area contributed by atoms with Crippen LogP contribution in [0.25, 0.3) is 0 Å². The Morgan fingerprint density at radius 2 is 1.62 bits per heavy atom. The largest absolute Gasteiger partial charge is 0.354 e. The summed E-state index contributed by atoms with van der Waals surface area (Å²) in [5.41, 5.74) is 4.28. The summed E-state index contributed by atoms with van der Waals surface area (Å²) in [6, 6.07) is 22.4. The van der Waals surface area contributed by atoms with Crippen LogP contribution in [0, 0.1) is 13.8 Å². The Morgan fingerprint density at radius 3 is 2.26 bits per heavy atom. The van der Waals surface area contributed by atoms with Gasteiger partial charge < -0.3 is 10.2 Å². The van der Waals surface area contributed by atoms with Crippen molar-refractivity contribution in [2.24, 2.45) is 0 Å². The third-order valence-corrected chi connectivity index (χ3v) is 8.86. The van der Waals surface area contributed by atoms with Crippen molar-refractivity contribution in [2.45, 2.75) is 65.5 Å². The number of benzene rings is 3. The third-order valence-electron chi connectivity index (χ3n) is 7.15. The molecule has 0 fully saturated rings. The third kappa shape index (κ3) is 9.98. The molecule has 0 aliphatic carbocycles. The van der Waals surface area contributed by atoms with Gasteiger partial charge in [-0.1, -0.05) is 83.9 Å². The van der Waals surface area contributed by atoms with Gasteiger partial charge in [0.1, 0.15) is 6.04 Å². The van der Waals surface area contributed by atoms with Gasteiger partial charge in [0, 0.05) is 36.9 Å². The lowest BCUT2D eigenvalue weighted by Crippen LogP contribution is -2.50. The highest BCUT2D eigenvalue weighted by Crippen LogP contribution is 2.25. The molecule has 0 heterocycles. The molecular formula is C33H42BrN3O4S. The first kappa shape index (κ1) is 33.3. The lowest BCUT2D eigenvalue weighted by molar-refractivity contribution is -0.141. The summed E-state index contributed by atoms with van der Waals surface area (Å²) in [5.74, 6) is -0.384. The van der Waals surface area contributed by atoms with Gasteiger partial charge in [-0.15, -0.1) is 0 Å². The van der Waals surface area contributed by atoms with Gasteiger partial charge in [0.2, 0.25) is 21.8 Å². The highest BCUT2D eigenvalue weighted by molar-refractivity contribution is 9.10. The van der Waals surface area contributed by atoms with E-state index in [1.807, 2.05) is 86.6 Å². The van der Waals surface area contributed by atoms with Gasteiger partial charge in [-0.25, -0.2) is 8.42 Å². The molecule has 0 aliphatic heterocycles. The molecular weight excluding hydrogens is 614 g/mol. The molecule has 9 heteroatoms. The van der Waals surface area contributed by atoms with Crippen molar-refractivity contribution in [3.05, 3.63) is 99.5 Å². The van der Waals surface area contributed by atoms with Crippen molar-refractivity contribution in [3.8, 4) is 0 Å². The second-order valence-corrected chi connectivity index (χ2v) is 13.5. The summed E-state index contributed by atoms with van der Waals surface area (Å²) in [7, 11) is -3.57. The van der Waals surface area contributed by atoms with Crippen molar-refractivity contribution in [3.63, 3.8) is 0 Å². The van der Waals surface area contributed by atoms with E-state index in [0.29, 0.717) is 25.1 Å². The lowest BCUT2D eigenvalue weighted by Gasteiger charge is -2.32. The zero-order chi connectivity index (χ0) is 30.7. The number of rotatable bonds is 15. The molecule has 1 N–H and O–H groups in total. The Morgan fingerprint density at radius 1 is 0.929 bits per heavy atom. The number of carbonyl (C=O) groups excluding carboxylic acids is 2. The van der Waals surface area contributed by atoms with Crippen LogP contribution in [-0.4, -0.2) is 50.5 Å². The summed E-state index contributed by atoms with van der Waals surface area (Å²) in [5, 5.41) is 3.03. The number of nitrogens with one attached hydrogen (secondary N) is 1. The number of carbonyl (C=O) groups is 2. The molecule has 0 bridgehead atoms. The first-order valence-corrected chi connectivity index (χ1v) is 17.0. The fourth-order valence-corrected chi connectivity index (χ4v) is 6.10. The summed E-state index contributed by atoms with van der Waals surface area (Å²) in [6.45, 7) is 6.83. The lowest BCUT2D eigenvalue weighted by atomic mass is 10.0. The van der Waals surface area contributed by atoms with E-state index < -0.39 is 16.1 Å². The number of sulfonamides is 1. The fourth-order valence-electron chi connectivity index (χ4n) is 4.82. The van der Waals surface area contributed by atoms with Crippen LogP contribution < -0.4 is 9.62 Å². The topological polar surface area (TPSA) is 86.8 Å². The Labute approximate surface area is 259 Å². The van der Waals surface area contributed by atoms with E-state index in [1.165, 1.54) is 10.6 Å². The van der Waals surface area contributed by atoms with Gasteiger partial charge in [-0.05, 0) is 67.1 Å².